The van der Waals surface area contributed by atoms with E-state index in [-0.39, 0.29) is 0 Å². The van der Waals surface area contributed by atoms with Crippen LogP contribution in [0.3, 0.4) is 0 Å². The second-order valence-electron chi connectivity index (χ2n) is 13.3. The molecule has 0 radical (unpaired) electrons. The summed E-state index contributed by atoms with van der Waals surface area (Å²) in [4.78, 5) is 24.8. The second-order valence-corrected chi connectivity index (χ2v) is 13.3. The summed E-state index contributed by atoms with van der Waals surface area (Å²) in [6.45, 7) is 0. The highest BCUT2D eigenvalue weighted by Gasteiger charge is 2.60. The average molecular weight is 630 g/mol. The lowest BCUT2D eigenvalue weighted by atomic mass is 9.39. The van der Waals surface area contributed by atoms with Crippen molar-refractivity contribution in [2.45, 2.75) is 12.8 Å². The molecule has 49 heavy (non-hydrogen) atoms. The van der Waals surface area contributed by atoms with Crippen molar-refractivity contribution in [1.29, 1.82) is 0 Å². The second kappa shape index (κ2) is 11.3. The lowest BCUT2D eigenvalue weighted by Gasteiger charge is -2.65. The molecule has 10 rings (SSSR count). The summed E-state index contributed by atoms with van der Waals surface area (Å²) in [7, 11) is 0. The Morgan fingerprint density at radius 1 is 0.388 bits per heavy atom. The van der Waals surface area contributed by atoms with Gasteiger partial charge in [0.2, 0.25) is 0 Å². The normalized spacial score (nSPS) is 18.6. The molecule has 3 aliphatic rings. The van der Waals surface area contributed by atoms with Crippen LogP contribution >= 0.6 is 0 Å². The molecule has 0 bridgehead atoms. The summed E-state index contributed by atoms with van der Waals surface area (Å²) >= 11 is 0. The van der Waals surface area contributed by atoms with Crippen molar-refractivity contribution in [2.75, 3.05) is 0 Å². The van der Waals surface area contributed by atoms with Crippen LogP contribution in [0.5, 0.6) is 0 Å². The van der Waals surface area contributed by atoms with E-state index in [1.165, 1.54) is 18.4 Å². The highest BCUT2D eigenvalue weighted by Crippen LogP contribution is 2.71. The molecule has 5 nitrogen and oxygen atoms in total. The predicted molar refractivity (Wildman–Crippen MR) is 195 cm³/mol. The number of rotatable bonds is 7. The number of allylic oxidation sites excluding steroid dienone is 2. The molecule has 3 aliphatic carbocycles. The van der Waals surface area contributed by atoms with Crippen molar-refractivity contribution in [2.24, 2.45) is 17.8 Å². The molecule has 5 heteroatoms. The first-order valence-electron chi connectivity index (χ1n) is 17.0. The van der Waals surface area contributed by atoms with E-state index in [4.69, 9.17) is 24.9 Å². The van der Waals surface area contributed by atoms with Gasteiger partial charge in [0.05, 0.1) is 11.4 Å². The zero-order valence-corrected chi connectivity index (χ0v) is 26.7. The van der Waals surface area contributed by atoms with Gasteiger partial charge in [-0.15, -0.1) is 0 Å². The molecule has 2 heterocycles. The minimum absolute atomic E-state index is 0.626. The van der Waals surface area contributed by atoms with Gasteiger partial charge in [-0.1, -0.05) is 145 Å². The minimum Gasteiger partial charge on any atom is -0.228 e. The monoisotopic (exact) mass is 629 g/mol. The molecule has 2 fully saturated rings. The van der Waals surface area contributed by atoms with Gasteiger partial charge in [0.25, 0.3) is 0 Å². The molecule has 7 aromatic rings. The molecule has 5 aromatic carbocycles. The van der Waals surface area contributed by atoms with Crippen LogP contribution < -0.4 is 0 Å². The zero-order valence-electron chi connectivity index (χ0n) is 26.7. The molecular formula is C44H31N5. The van der Waals surface area contributed by atoms with Gasteiger partial charge in [-0.05, 0) is 47.8 Å². The fourth-order valence-corrected chi connectivity index (χ4v) is 7.88. The van der Waals surface area contributed by atoms with Crippen LogP contribution in [0.25, 0.3) is 73.6 Å². The molecule has 2 aromatic heterocycles. The lowest BCUT2D eigenvalue weighted by Crippen LogP contribution is -2.54. The summed E-state index contributed by atoms with van der Waals surface area (Å²) in [5, 5.41) is 0. The average Bonchev–Trinajstić information content (AvgIpc) is 3.18. The Bertz CT molecular complexity index is 2310. The fraction of sp³-hybridized carbons (Fsp3) is 0.114. The van der Waals surface area contributed by atoms with Crippen molar-refractivity contribution in [1.82, 2.24) is 24.9 Å². The molecule has 3 atom stereocenters. The number of benzene rings is 5. The van der Waals surface area contributed by atoms with Gasteiger partial charge in [-0.3, -0.25) is 0 Å². The van der Waals surface area contributed by atoms with Crippen molar-refractivity contribution in [3.63, 3.8) is 0 Å². The Hall–Kier alpha value is -6.07. The van der Waals surface area contributed by atoms with Crippen molar-refractivity contribution in [3.05, 3.63) is 157 Å². The van der Waals surface area contributed by atoms with E-state index in [0.717, 1.165) is 68.3 Å². The summed E-state index contributed by atoms with van der Waals surface area (Å²) in [5.41, 5.74) is 12.4. The van der Waals surface area contributed by atoms with Crippen molar-refractivity contribution >= 4 is 5.57 Å². The molecule has 0 aliphatic heterocycles. The van der Waals surface area contributed by atoms with Crippen LogP contribution in [-0.4, -0.2) is 24.9 Å². The van der Waals surface area contributed by atoms with E-state index in [1.54, 1.807) is 11.1 Å². The van der Waals surface area contributed by atoms with E-state index in [2.05, 4.69) is 78.9 Å². The molecule has 0 amide bonds. The van der Waals surface area contributed by atoms with E-state index < -0.39 is 0 Å². The Balaban J connectivity index is 1.02. The summed E-state index contributed by atoms with van der Waals surface area (Å²) in [6, 6.07) is 49.8. The van der Waals surface area contributed by atoms with Crippen LogP contribution in [0.15, 0.2) is 151 Å². The van der Waals surface area contributed by atoms with Crippen LogP contribution in [0.4, 0.5) is 0 Å². The molecule has 0 spiro atoms. The molecule has 2 saturated carbocycles. The van der Waals surface area contributed by atoms with Gasteiger partial charge < -0.3 is 0 Å². The highest BCUT2D eigenvalue weighted by atomic mass is 15.0. The summed E-state index contributed by atoms with van der Waals surface area (Å²) in [5.74, 6) is 5.34. The Morgan fingerprint density at radius 2 is 0.776 bits per heavy atom. The number of hydrogen-bond donors (Lipinski definition) is 0. The van der Waals surface area contributed by atoms with Crippen molar-refractivity contribution < 1.29 is 0 Å². The van der Waals surface area contributed by atoms with E-state index in [0.29, 0.717) is 17.5 Å². The first-order valence-corrected chi connectivity index (χ1v) is 17.0. The Labute approximate surface area is 285 Å². The zero-order chi connectivity index (χ0) is 32.3. The highest BCUT2D eigenvalue weighted by molar-refractivity contribution is 5.83. The predicted octanol–water partition coefficient (Wildman–Crippen LogP) is 10.1. The SMILES string of the molecule is c1ccc(-c2cc(-c3ccc(-c4nc(-c5ccccc5)nc(-c5ccccc5)n4)cc3)nc(-c3ccc(C4=C5CC6CC4C56)cc3)n2)cc1. The van der Waals surface area contributed by atoms with E-state index in [1.807, 2.05) is 66.7 Å². The number of nitrogens with zero attached hydrogens (tertiary/aromatic N) is 5. The van der Waals surface area contributed by atoms with Gasteiger partial charge in [0.15, 0.2) is 23.3 Å². The van der Waals surface area contributed by atoms with Crippen LogP contribution in [-0.2, 0) is 0 Å². The molecule has 0 saturated heterocycles. The van der Waals surface area contributed by atoms with Gasteiger partial charge in [0, 0.05) is 33.4 Å². The smallest absolute Gasteiger partial charge is 0.164 e. The van der Waals surface area contributed by atoms with Crippen molar-refractivity contribution in [3.8, 4) is 68.1 Å². The first kappa shape index (κ1) is 28.0. The van der Waals surface area contributed by atoms with Crippen LogP contribution in [0.1, 0.15) is 18.4 Å². The van der Waals surface area contributed by atoms with Crippen LogP contribution in [0, 0.1) is 17.8 Å². The van der Waals surface area contributed by atoms with Crippen LogP contribution in [0.2, 0.25) is 0 Å². The molecule has 0 N–H and O–H groups in total. The van der Waals surface area contributed by atoms with E-state index in [9.17, 15) is 0 Å². The molecular weight excluding hydrogens is 599 g/mol. The van der Waals surface area contributed by atoms with Gasteiger partial charge in [-0.25, -0.2) is 24.9 Å². The van der Waals surface area contributed by atoms with Gasteiger partial charge in [-0.2, -0.15) is 0 Å². The third-order valence-corrected chi connectivity index (χ3v) is 10.5. The van der Waals surface area contributed by atoms with Gasteiger partial charge >= 0.3 is 0 Å². The third kappa shape index (κ3) is 4.81. The fourth-order valence-electron chi connectivity index (χ4n) is 7.88. The Kier molecular flexibility index (Phi) is 6.44. The largest absolute Gasteiger partial charge is 0.228 e. The third-order valence-electron chi connectivity index (χ3n) is 10.5. The molecule has 232 valence electrons. The lowest BCUT2D eigenvalue weighted by molar-refractivity contribution is 0.0437. The van der Waals surface area contributed by atoms with E-state index >= 15 is 0 Å². The number of aromatic nitrogens is 5. The summed E-state index contributed by atoms with van der Waals surface area (Å²) < 4.78 is 0. The first-order chi connectivity index (χ1) is 24.2. The standard InChI is InChI=1S/C44H31N5/c1-4-10-27(11-5-1)37-26-38(46-41(45-37)32-22-18-29(19-23-32)39-35-24-34-25-36(39)40(34)35)28-16-20-33(21-17-28)44-48-42(30-12-6-2-7-13-30)47-43(49-44)31-14-8-3-9-15-31/h1-23,26,34-35,40H,24-25H2. The molecule has 3 unspecified atom stereocenters. The maximum absolute atomic E-state index is 5.11. The minimum atomic E-state index is 0.626. The maximum atomic E-state index is 5.11. The number of hydrogen-bond acceptors (Lipinski definition) is 5. The topological polar surface area (TPSA) is 64.5 Å². The van der Waals surface area contributed by atoms with Gasteiger partial charge in [0.1, 0.15) is 0 Å². The summed E-state index contributed by atoms with van der Waals surface area (Å²) in [6.07, 6.45) is 2.70. The Morgan fingerprint density at radius 3 is 1.20 bits per heavy atom. The quantitative estimate of drug-likeness (QED) is 0.176. The maximum Gasteiger partial charge on any atom is 0.164 e.